The Morgan fingerprint density at radius 1 is 0.857 bits per heavy atom. The second-order valence-electron chi connectivity index (χ2n) is 9.40. The van der Waals surface area contributed by atoms with E-state index in [9.17, 15) is 10.1 Å². The van der Waals surface area contributed by atoms with Crippen LogP contribution in [0.15, 0.2) is 119 Å². The smallest absolute Gasteiger partial charge is 0.266 e. The van der Waals surface area contributed by atoms with Gasteiger partial charge < -0.3 is 19.5 Å². The standard InChI is InChI=1S/C35H27BrN2O4/c1-40-34-20-25(11-18-33(34)42-23-27-7-4-6-26-5-2-3-8-32(26)27)19-28(21-37)35(39)38-30-14-16-31(17-15-30)41-22-24-9-12-29(36)13-10-24/h2-20H,22-23H2,1H3,(H,38,39)/b28-19+. The van der Waals surface area contributed by atoms with Crippen molar-refractivity contribution in [3.05, 3.63) is 136 Å². The molecule has 5 rings (SSSR count). The van der Waals surface area contributed by atoms with E-state index in [4.69, 9.17) is 14.2 Å². The highest BCUT2D eigenvalue weighted by molar-refractivity contribution is 9.10. The van der Waals surface area contributed by atoms with Crippen LogP contribution in [0.3, 0.4) is 0 Å². The van der Waals surface area contributed by atoms with Gasteiger partial charge in [0.2, 0.25) is 0 Å². The molecular formula is C35H27BrN2O4. The van der Waals surface area contributed by atoms with Crippen LogP contribution in [-0.4, -0.2) is 13.0 Å². The predicted molar refractivity (Wildman–Crippen MR) is 168 cm³/mol. The number of halogens is 1. The lowest BCUT2D eigenvalue weighted by Crippen LogP contribution is -2.13. The largest absolute Gasteiger partial charge is 0.493 e. The van der Waals surface area contributed by atoms with Gasteiger partial charge in [0.15, 0.2) is 11.5 Å². The Labute approximate surface area is 252 Å². The number of nitriles is 1. The summed E-state index contributed by atoms with van der Waals surface area (Å²) in [5.74, 6) is 1.21. The van der Waals surface area contributed by atoms with Gasteiger partial charge in [0.1, 0.15) is 30.6 Å². The van der Waals surface area contributed by atoms with Crippen molar-refractivity contribution in [1.29, 1.82) is 5.26 Å². The van der Waals surface area contributed by atoms with Crippen LogP contribution in [0.5, 0.6) is 17.2 Å². The molecule has 6 nitrogen and oxygen atoms in total. The lowest BCUT2D eigenvalue weighted by Gasteiger charge is -2.13. The van der Waals surface area contributed by atoms with Gasteiger partial charge in [-0.3, -0.25) is 4.79 Å². The van der Waals surface area contributed by atoms with Crippen molar-refractivity contribution in [2.75, 3.05) is 12.4 Å². The third-order valence-electron chi connectivity index (χ3n) is 6.56. The maximum atomic E-state index is 12.9. The summed E-state index contributed by atoms with van der Waals surface area (Å²) in [6.07, 6.45) is 1.52. The number of benzene rings is 5. The molecule has 5 aromatic rings. The number of hydrogen-bond acceptors (Lipinski definition) is 5. The Balaban J connectivity index is 1.22. The molecule has 0 aliphatic carbocycles. The van der Waals surface area contributed by atoms with Gasteiger partial charge in [0.25, 0.3) is 5.91 Å². The Morgan fingerprint density at radius 3 is 2.38 bits per heavy atom. The first kappa shape index (κ1) is 28.5. The number of hydrogen-bond donors (Lipinski definition) is 1. The van der Waals surface area contributed by atoms with E-state index in [2.05, 4.69) is 39.4 Å². The molecule has 0 saturated carbocycles. The first-order valence-corrected chi connectivity index (χ1v) is 14.0. The number of anilines is 1. The zero-order chi connectivity index (χ0) is 29.3. The summed E-state index contributed by atoms with van der Waals surface area (Å²) in [6.45, 7) is 0.795. The second kappa shape index (κ2) is 13.5. The minimum Gasteiger partial charge on any atom is -0.493 e. The van der Waals surface area contributed by atoms with Crippen LogP contribution in [-0.2, 0) is 18.0 Å². The van der Waals surface area contributed by atoms with Crippen LogP contribution in [0.2, 0.25) is 0 Å². The minimum atomic E-state index is -0.517. The van der Waals surface area contributed by atoms with Gasteiger partial charge in [-0.2, -0.15) is 5.26 Å². The van der Waals surface area contributed by atoms with E-state index >= 15 is 0 Å². The van der Waals surface area contributed by atoms with Crippen LogP contribution in [0.25, 0.3) is 16.8 Å². The molecule has 0 radical (unpaired) electrons. The lowest BCUT2D eigenvalue weighted by atomic mass is 10.1. The molecule has 5 aromatic carbocycles. The van der Waals surface area contributed by atoms with Gasteiger partial charge in [0.05, 0.1) is 7.11 Å². The number of carbonyl (C=O) groups excluding carboxylic acids is 1. The van der Waals surface area contributed by atoms with E-state index in [1.165, 1.54) is 6.08 Å². The van der Waals surface area contributed by atoms with Crippen LogP contribution in [0.4, 0.5) is 5.69 Å². The van der Waals surface area contributed by atoms with Crippen LogP contribution >= 0.6 is 15.9 Å². The SMILES string of the molecule is COc1cc(/C=C(\C#N)C(=O)Nc2ccc(OCc3ccc(Br)cc3)cc2)ccc1OCc1cccc2ccccc12. The summed E-state index contributed by atoms with van der Waals surface area (Å²) in [6, 6.07) is 36.4. The highest BCUT2D eigenvalue weighted by Gasteiger charge is 2.12. The molecule has 0 aliphatic heterocycles. The number of nitrogens with one attached hydrogen (secondary N) is 1. The zero-order valence-electron chi connectivity index (χ0n) is 22.8. The monoisotopic (exact) mass is 618 g/mol. The maximum Gasteiger partial charge on any atom is 0.266 e. The topological polar surface area (TPSA) is 80.6 Å². The average molecular weight is 620 g/mol. The van der Waals surface area contributed by atoms with Crippen molar-refractivity contribution in [3.8, 4) is 23.3 Å². The molecule has 0 heterocycles. The summed E-state index contributed by atoms with van der Waals surface area (Å²) >= 11 is 3.42. The molecule has 1 amide bonds. The van der Waals surface area contributed by atoms with E-state index in [0.29, 0.717) is 41.7 Å². The Bertz CT molecular complexity index is 1770. The van der Waals surface area contributed by atoms with Crippen LogP contribution in [0, 0.1) is 11.3 Å². The third kappa shape index (κ3) is 7.17. The van der Waals surface area contributed by atoms with Crippen molar-refractivity contribution in [3.63, 3.8) is 0 Å². The van der Waals surface area contributed by atoms with Gasteiger partial charge in [-0.05, 0) is 82.1 Å². The molecule has 0 spiro atoms. The number of amides is 1. The highest BCUT2D eigenvalue weighted by atomic mass is 79.9. The van der Waals surface area contributed by atoms with Crippen molar-refractivity contribution >= 4 is 44.4 Å². The van der Waals surface area contributed by atoms with Crippen molar-refractivity contribution in [2.45, 2.75) is 13.2 Å². The fourth-order valence-electron chi connectivity index (χ4n) is 4.36. The van der Waals surface area contributed by atoms with Crippen LogP contribution < -0.4 is 19.5 Å². The van der Waals surface area contributed by atoms with E-state index in [-0.39, 0.29) is 5.57 Å². The van der Waals surface area contributed by atoms with Crippen LogP contribution in [0.1, 0.15) is 16.7 Å². The Hall–Kier alpha value is -5.06. The summed E-state index contributed by atoms with van der Waals surface area (Å²) in [4.78, 5) is 12.9. The van der Waals surface area contributed by atoms with Crippen molar-refractivity contribution in [2.24, 2.45) is 0 Å². The molecule has 1 N–H and O–H groups in total. The fourth-order valence-corrected chi connectivity index (χ4v) is 4.63. The van der Waals surface area contributed by atoms with Gasteiger partial charge in [-0.15, -0.1) is 0 Å². The third-order valence-corrected chi connectivity index (χ3v) is 7.09. The lowest BCUT2D eigenvalue weighted by molar-refractivity contribution is -0.112. The molecule has 0 unspecified atom stereocenters. The van der Waals surface area contributed by atoms with Gasteiger partial charge in [-0.1, -0.05) is 76.6 Å². The molecule has 0 aliphatic rings. The van der Waals surface area contributed by atoms with E-state index in [1.807, 2.05) is 54.6 Å². The summed E-state index contributed by atoms with van der Waals surface area (Å²) in [5.41, 5.74) is 3.24. The molecule has 0 saturated heterocycles. The Morgan fingerprint density at radius 2 is 1.62 bits per heavy atom. The van der Waals surface area contributed by atoms with Crippen molar-refractivity contribution < 1.29 is 19.0 Å². The predicted octanol–water partition coefficient (Wildman–Crippen LogP) is 8.31. The minimum absolute atomic E-state index is 0.0444. The van der Waals surface area contributed by atoms with Gasteiger partial charge in [0, 0.05) is 10.2 Å². The first-order valence-electron chi connectivity index (χ1n) is 13.2. The van der Waals surface area contributed by atoms with E-state index < -0.39 is 5.91 Å². The number of ether oxygens (including phenoxy) is 3. The molecular weight excluding hydrogens is 592 g/mol. The fraction of sp³-hybridized carbons (Fsp3) is 0.0857. The quantitative estimate of drug-likeness (QED) is 0.126. The average Bonchev–Trinajstić information content (AvgIpc) is 3.03. The summed E-state index contributed by atoms with van der Waals surface area (Å²) in [7, 11) is 1.55. The zero-order valence-corrected chi connectivity index (χ0v) is 24.4. The van der Waals surface area contributed by atoms with E-state index in [0.717, 1.165) is 26.4 Å². The summed E-state index contributed by atoms with van der Waals surface area (Å²) in [5, 5.41) is 14.7. The molecule has 7 heteroatoms. The number of nitrogens with zero attached hydrogens (tertiary/aromatic N) is 1. The van der Waals surface area contributed by atoms with Crippen molar-refractivity contribution in [1.82, 2.24) is 0 Å². The molecule has 0 bridgehead atoms. The maximum absolute atomic E-state index is 12.9. The van der Waals surface area contributed by atoms with E-state index in [1.54, 1.807) is 49.6 Å². The number of rotatable bonds is 10. The first-order chi connectivity index (χ1) is 20.5. The molecule has 42 heavy (non-hydrogen) atoms. The molecule has 0 atom stereocenters. The highest BCUT2D eigenvalue weighted by Crippen LogP contribution is 2.31. The second-order valence-corrected chi connectivity index (χ2v) is 10.3. The molecule has 0 aromatic heterocycles. The molecule has 0 fully saturated rings. The number of fused-ring (bicyclic) bond motifs is 1. The van der Waals surface area contributed by atoms with Gasteiger partial charge >= 0.3 is 0 Å². The number of carbonyl (C=O) groups is 1. The normalized spacial score (nSPS) is 11.0. The Kier molecular flexibility index (Phi) is 9.17. The van der Waals surface area contributed by atoms with Gasteiger partial charge in [-0.25, -0.2) is 0 Å². The summed E-state index contributed by atoms with van der Waals surface area (Å²) < 4.78 is 18.5. The molecule has 208 valence electrons. The number of methoxy groups -OCH3 is 1.